The maximum atomic E-state index is 13.4. The Labute approximate surface area is 280 Å². The van der Waals surface area contributed by atoms with Crippen LogP contribution in [0.15, 0.2) is 137 Å². The number of nitrogens with one attached hydrogen (secondary N) is 3. The van der Waals surface area contributed by atoms with Crippen LogP contribution in [0.5, 0.6) is 0 Å². The molecule has 0 saturated carbocycles. The molecule has 3 N–H and O–H groups in total. The van der Waals surface area contributed by atoms with Crippen molar-refractivity contribution >= 4 is 68.5 Å². The van der Waals surface area contributed by atoms with Crippen molar-refractivity contribution in [2.45, 2.75) is 11.8 Å². The third-order valence-corrected chi connectivity index (χ3v) is 9.06. The summed E-state index contributed by atoms with van der Waals surface area (Å²) in [5, 5.41) is 13.3. The van der Waals surface area contributed by atoms with Crippen molar-refractivity contribution in [3.05, 3.63) is 149 Å². The van der Waals surface area contributed by atoms with Gasteiger partial charge in [0.1, 0.15) is 5.70 Å². The first-order valence-corrected chi connectivity index (χ1v) is 16.7. The standard InChI is InChI=1S/C38H30N4O3S2/c1-25-9-5-6-13-28(25)22-33(40-36(44)27-11-3-2-4-12-27)37(45)39-31-17-19-32(20-18-31)46-24-35(43)42-38-41-34(23-47-38)30-16-15-26-10-7-8-14-29(26)21-30/h2-23H,24H2,1H3,(H,39,45)(H,40,44)(H,41,42,43)/b33-22-. The fourth-order valence-electron chi connectivity index (χ4n) is 4.80. The van der Waals surface area contributed by atoms with Crippen molar-refractivity contribution in [1.29, 1.82) is 0 Å². The Bertz CT molecular complexity index is 2090. The smallest absolute Gasteiger partial charge is 0.272 e. The Hall–Kier alpha value is -5.51. The molecule has 6 aromatic rings. The second-order valence-electron chi connectivity index (χ2n) is 10.6. The van der Waals surface area contributed by atoms with Gasteiger partial charge in [0, 0.05) is 27.1 Å². The SMILES string of the molecule is Cc1ccccc1/C=C(\NC(=O)c1ccccc1)C(=O)Nc1ccc(SCC(=O)Nc2nc(-c3ccc4ccccc4c3)cs2)cc1. The minimum Gasteiger partial charge on any atom is -0.321 e. The predicted octanol–water partition coefficient (Wildman–Crippen LogP) is 8.41. The van der Waals surface area contributed by atoms with Crippen LogP contribution < -0.4 is 16.0 Å². The fraction of sp³-hybridized carbons (Fsp3) is 0.0526. The van der Waals surface area contributed by atoms with Gasteiger partial charge in [0.05, 0.1) is 11.4 Å². The van der Waals surface area contributed by atoms with Gasteiger partial charge >= 0.3 is 0 Å². The van der Waals surface area contributed by atoms with Crippen LogP contribution in [0.1, 0.15) is 21.5 Å². The van der Waals surface area contributed by atoms with E-state index in [-0.39, 0.29) is 23.3 Å². The van der Waals surface area contributed by atoms with Crippen molar-refractivity contribution in [3.8, 4) is 11.3 Å². The average molecular weight is 655 g/mol. The molecule has 3 amide bonds. The third kappa shape index (κ3) is 8.21. The summed E-state index contributed by atoms with van der Waals surface area (Å²) in [6.07, 6.45) is 1.67. The van der Waals surface area contributed by atoms with E-state index in [1.165, 1.54) is 28.5 Å². The molecule has 1 heterocycles. The molecule has 0 unspecified atom stereocenters. The molecule has 0 aliphatic heterocycles. The van der Waals surface area contributed by atoms with Crippen molar-refractivity contribution < 1.29 is 14.4 Å². The number of thiazole rings is 1. The lowest BCUT2D eigenvalue weighted by Crippen LogP contribution is -2.30. The molecule has 232 valence electrons. The van der Waals surface area contributed by atoms with Gasteiger partial charge < -0.3 is 16.0 Å². The van der Waals surface area contributed by atoms with E-state index in [9.17, 15) is 14.4 Å². The molecule has 9 heteroatoms. The number of benzene rings is 5. The van der Waals surface area contributed by atoms with Crippen LogP contribution in [0.3, 0.4) is 0 Å². The van der Waals surface area contributed by atoms with Crippen LogP contribution in [0, 0.1) is 6.92 Å². The molecule has 1 aromatic heterocycles. The third-order valence-electron chi connectivity index (χ3n) is 7.29. The molecule has 0 saturated heterocycles. The predicted molar refractivity (Wildman–Crippen MR) is 193 cm³/mol. The lowest BCUT2D eigenvalue weighted by molar-refractivity contribution is -0.114. The zero-order valence-electron chi connectivity index (χ0n) is 25.4. The Morgan fingerprint density at radius 3 is 2.30 bits per heavy atom. The van der Waals surface area contributed by atoms with Gasteiger partial charge in [-0.1, -0.05) is 78.9 Å². The van der Waals surface area contributed by atoms with Gasteiger partial charge in [-0.25, -0.2) is 4.98 Å². The summed E-state index contributed by atoms with van der Waals surface area (Å²) < 4.78 is 0. The van der Waals surface area contributed by atoms with E-state index in [0.717, 1.165) is 32.7 Å². The van der Waals surface area contributed by atoms with Gasteiger partial charge in [0.25, 0.3) is 11.8 Å². The van der Waals surface area contributed by atoms with Gasteiger partial charge in [-0.2, -0.15) is 0 Å². The zero-order chi connectivity index (χ0) is 32.6. The van der Waals surface area contributed by atoms with Crippen LogP contribution in [0.4, 0.5) is 10.8 Å². The fourth-order valence-corrected chi connectivity index (χ4v) is 6.23. The normalized spacial score (nSPS) is 11.2. The number of aromatic nitrogens is 1. The molecule has 0 fully saturated rings. The van der Waals surface area contributed by atoms with Crippen LogP contribution in [0.2, 0.25) is 0 Å². The zero-order valence-corrected chi connectivity index (χ0v) is 27.0. The monoisotopic (exact) mass is 654 g/mol. The van der Waals surface area contributed by atoms with Gasteiger partial charge in [-0.05, 0) is 77.4 Å². The van der Waals surface area contributed by atoms with Gasteiger partial charge in [0.2, 0.25) is 5.91 Å². The topological polar surface area (TPSA) is 100 Å². The number of amides is 3. The van der Waals surface area contributed by atoms with Crippen molar-refractivity contribution in [3.63, 3.8) is 0 Å². The number of anilines is 2. The molecule has 6 rings (SSSR count). The molecule has 47 heavy (non-hydrogen) atoms. The first kappa shape index (κ1) is 31.5. The molecule has 0 atom stereocenters. The van der Waals surface area contributed by atoms with Gasteiger partial charge in [-0.3, -0.25) is 14.4 Å². The lowest BCUT2D eigenvalue weighted by Gasteiger charge is -2.12. The van der Waals surface area contributed by atoms with Crippen molar-refractivity contribution in [2.75, 3.05) is 16.4 Å². The molecule has 7 nitrogen and oxygen atoms in total. The van der Waals surface area contributed by atoms with E-state index < -0.39 is 5.91 Å². The molecular weight excluding hydrogens is 625 g/mol. The Kier molecular flexibility index (Phi) is 9.86. The molecule has 0 spiro atoms. The van der Waals surface area contributed by atoms with Crippen molar-refractivity contribution in [2.24, 2.45) is 0 Å². The number of thioether (sulfide) groups is 1. The Morgan fingerprint density at radius 2 is 1.51 bits per heavy atom. The first-order valence-electron chi connectivity index (χ1n) is 14.8. The highest BCUT2D eigenvalue weighted by atomic mass is 32.2. The van der Waals surface area contributed by atoms with Gasteiger partial charge in [0.15, 0.2) is 5.13 Å². The average Bonchev–Trinajstić information content (AvgIpc) is 3.57. The van der Waals surface area contributed by atoms with E-state index in [1.54, 1.807) is 42.5 Å². The van der Waals surface area contributed by atoms with Gasteiger partial charge in [-0.15, -0.1) is 23.1 Å². The largest absolute Gasteiger partial charge is 0.321 e. The summed E-state index contributed by atoms with van der Waals surface area (Å²) in [7, 11) is 0. The van der Waals surface area contributed by atoms with E-state index in [4.69, 9.17) is 0 Å². The molecule has 0 aliphatic carbocycles. The lowest BCUT2D eigenvalue weighted by atomic mass is 10.1. The number of hydrogen-bond donors (Lipinski definition) is 3. The van der Waals surface area contributed by atoms with E-state index in [1.807, 2.05) is 73.0 Å². The summed E-state index contributed by atoms with van der Waals surface area (Å²) >= 11 is 2.77. The molecular formula is C38H30N4O3S2. The Balaban J connectivity index is 1.05. The number of carbonyl (C=O) groups excluding carboxylic acids is 3. The maximum absolute atomic E-state index is 13.4. The van der Waals surface area contributed by atoms with E-state index in [0.29, 0.717) is 16.4 Å². The van der Waals surface area contributed by atoms with E-state index >= 15 is 0 Å². The van der Waals surface area contributed by atoms with Crippen LogP contribution in [-0.4, -0.2) is 28.5 Å². The van der Waals surface area contributed by atoms with Crippen LogP contribution >= 0.6 is 23.1 Å². The summed E-state index contributed by atoms with van der Waals surface area (Å²) in [6.45, 7) is 1.94. The van der Waals surface area contributed by atoms with Crippen LogP contribution in [-0.2, 0) is 9.59 Å². The van der Waals surface area contributed by atoms with Crippen LogP contribution in [0.25, 0.3) is 28.1 Å². The molecule has 5 aromatic carbocycles. The Morgan fingerprint density at radius 1 is 0.787 bits per heavy atom. The molecule has 0 radical (unpaired) electrons. The number of hydrogen-bond acceptors (Lipinski definition) is 6. The number of nitrogens with zero attached hydrogens (tertiary/aromatic N) is 1. The highest BCUT2D eigenvalue weighted by Crippen LogP contribution is 2.28. The second-order valence-corrected chi connectivity index (χ2v) is 12.6. The highest BCUT2D eigenvalue weighted by molar-refractivity contribution is 8.00. The summed E-state index contributed by atoms with van der Waals surface area (Å²) in [5.41, 5.74) is 4.72. The summed E-state index contributed by atoms with van der Waals surface area (Å²) in [4.78, 5) is 44.4. The first-order chi connectivity index (χ1) is 22.9. The quantitative estimate of drug-likeness (QED) is 0.102. The minimum atomic E-state index is -0.455. The summed E-state index contributed by atoms with van der Waals surface area (Å²) in [6, 6.07) is 37.9. The van der Waals surface area contributed by atoms with E-state index in [2.05, 4.69) is 45.2 Å². The minimum absolute atomic E-state index is 0.120. The second kappa shape index (κ2) is 14.7. The summed E-state index contributed by atoms with van der Waals surface area (Å²) in [5.74, 6) is -0.796. The molecule has 0 bridgehead atoms. The highest BCUT2D eigenvalue weighted by Gasteiger charge is 2.16. The number of carbonyl (C=O) groups is 3. The molecule has 0 aliphatic rings. The number of rotatable bonds is 10. The number of fused-ring (bicyclic) bond motifs is 1. The number of aryl methyl sites for hydroxylation is 1. The van der Waals surface area contributed by atoms with Crippen molar-refractivity contribution in [1.82, 2.24) is 10.3 Å². The maximum Gasteiger partial charge on any atom is 0.272 e.